The molecule has 2 aromatic carbocycles. The predicted molar refractivity (Wildman–Crippen MR) is 163 cm³/mol. The maximum absolute atomic E-state index is 13.1. The average Bonchev–Trinajstić information content (AvgIpc) is 2.92. The summed E-state index contributed by atoms with van der Waals surface area (Å²) in [5.74, 6) is 7.42. The zero-order valence-electron chi connectivity index (χ0n) is 23.4. The van der Waals surface area contributed by atoms with E-state index in [2.05, 4.69) is 38.9 Å². The lowest BCUT2D eigenvalue weighted by atomic mass is 9.95. The summed E-state index contributed by atoms with van der Waals surface area (Å²) in [6.45, 7) is 5.03. The van der Waals surface area contributed by atoms with Crippen LogP contribution in [0.5, 0.6) is 11.5 Å². The van der Waals surface area contributed by atoms with E-state index in [-0.39, 0.29) is 24.5 Å². The van der Waals surface area contributed by atoms with E-state index in [1.165, 1.54) is 24.8 Å². The first kappa shape index (κ1) is 31.6. The van der Waals surface area contributed by atoms with Crippen LogP contribution in [-0.4, -0.2) is 62.2 Å². The maximum atomic E-state index is 13.1. The Morgan fingerprint density at radius 3 is 2.15 bits per heavy atom. The van der Waals surface area contributed by atoms with Gasteiger partial charge in [-0.1, -0.05) is 37.3 Å². The van der Waals surface area contributed by atoms with Gasteiger partial charge in [0.25, 0.3) is 0 Å². The highest BCUT2D eigenvalue weighted by molar-refractivity contribution is 7.92. The molecule has 1 saturated heterocycles. The number of hydrogen-bond donors (Lipinski definition) is 2. The molecule has 0 spiro atoms. The first-order valence-electron chi connectivity index (χ1n) is 13.8. The SMILES string of the molecule is CC#CCN(C(=O)NC1CCCCC1)C1CCN(Cc2ccc(Oc3ccc(NS(C)(=O)=O)cc3)cc2)CC1.Cl. The highest BCUT2D eigenvalue weighted by Gasteiger charge is 2.29. The van der Waals surface area contributed by atoms with E-state index in [0.29, 0.717) is 24.0 Å². The number of halogens is 1. The fourth-order valence-corrected chi connectivity index (χ4v) is 5.85. The van der Waals surface area contributed by atoms with E-state index in [0.717, 1.165) is 57.3 Å². The Labute approximate surface area is 245 Å². The van der Waals surface area contributed by atoms with Crippen molar-refractivity contribution in [2.75, 3.05) is 30.6 Å². The molecule has 2 aliphatic rings. The van der Waals surface area contributed by atoms with Gasteiger partial charge >= 0.3 is 6.03 Å². The smallest absolute Gasteiger partial charge is 0.318 e. The Balaban J connectivity index is 0.00000441. The van der Waals surface area contributed by atoms with Crippen LogP contribution in [0.1, 0.15) is 57.4 Å². The number of piperidine rings is 1. The third-order valence-corrected chi connectivity index (χ3v) is 7.95. The third kappa shape index (κ3) is 9.92. The molecular weight excluding hydrogens is 548 g/mol. The number of nitrogens with one attached hydrogen (secondary N) is 2. The van der Waals surface area contributed by atoms with E-state index in [1.807, 2.05) is 24.0 Å². The van der Waals surface area contributed by atoms with E-state index in [4.69, 9.17) is 4.74 Å². The first-order valence-corrected chi connectivity index (χ1v) is 15.7. The Bertz CT molecular complexity index is 1250. The van der Waals surface area contributed by atoms with Crippen LogP contribution < -0.4 is 14.8 Å². The molecule has 0 aromatic heterocycles. The quantitative estimate of drug-likeness (QED) is 0.372. The van der Waals surface area contributed by atoms with Crippen LogP contribution in [0.3, 0.4) is 0 Å². The minimum atomic E-state index is -3.31. The van der Waals surface area contributed by atoms with E-state index >= 15 is 0 Å². The van der Waals surface area contributed by atoms with Crippen LogP contribution in [-0.2, 0) is 16.6 Å². The van der Waals surface area contributed by atoms with Gasteiger partial charge in [0.1, 0.15) is 11.5 Å². The maximum Gasteiger partial charge on any atom is 0.318 e. The number of rotatable bonds is 9. The topological polar surface area (TPSA) is 91.0 Å². The molecule has 0 atom stereocenters. The molecule has 1 saturated carbocycles. The lowest BCUT2D eigenvalue weighted by Crippen LogP contribution is -2.52. The van der Waals surface area contributed by atoms with Crippen LogP contribution in [0.15, 0.2) is 48.5 Å². The Hall–Kier alpha value is -2.93. The summed E-state index contributed by atoms with van der Waals surface area (Å²) in [6, 6.07) is 15.4. The number of carbonyl (C=O) groups is 1. The zero-order chi connectivity index (χ0) is 27.7. The lowest BCUT2D eigenvalue weighted by molar-refractivity contribution is 0.122. The van der Waals surface area contributed by atoms with Crippen molar-refractivity contribution in [3.8, 4) is 23.3 Å². The summed E-state index contributed by atoms with van der Waals surface area (Å²) in [6.07, 6.45) is 8.82. The molecule has 0 unspecified atom stereocenters. The second-order valence-electron chi connectivity index (χ2n) is 10.5. The molecule has 2 amide bonds. The standard InChI is InChI=1S/C30H40N4O4S.ClH/c1-3-4-20-34(30(35)31-25-8-6-5-7-9-25)27-18-21-33(22-19-27)23-24-10-14-28(15-11-24)38-29-16-12-26(13-17-29)32-39(2,36)37;/h10-17,25,27,32H,5-9,18-23H2,1-2H3,(H,31,35);1H. The molecule has 10 heteroatoms. The summed E-state index contributed by atoms with van der Waals surface area (Å²) in [5, 5.41) is 3.28. The highest BCUT2D eigenvalue weighted by Crippen LogP contribution is 2.25. The van der Waals surface area contributed by atoms with Gasteiger partial charge in [-0.2, -0.15) is 0 Å². The lowest BCUT2D eigenvalue weighted by Gasteiger charge is -2.38. The van der Waals surface area contributed by atoms with Gasteiger partial charge in [0, 0.05) is 37.4 Å². The average molecular weight is 589 g/mol. The molecule has 2 N–H and O–H groups in total. The van der Waals surface area contributed by atoms with E-state index < -0.39 is 10.0 Å². The minimum absolute atomic E-state index is 0. The van der Waals surface area contributed by atoms with Gasteiger partial charge in [0.2, 0.25) is 10.0 Å². The molecule has 2 fully saturated rings. The molecule has 1 aliphatic heterocycles. The Kier molecular flexibility index (Phi) is 12.0. The summed E-state index contributed by atoms with van der Waals surface area (Å²) in [7, 11) is -3.31. The second kappa shape index (κ2) is 15.2. The van der Waals surface area contributed by atoms with Crippen LogP contribution in [0.4, 0.5) is 10.5 Å². The zero-order valence-corrected chi connectivity index (χ0v) is 25.0. The van der Waals surface area contributed by atoms with Crippen molar-refractivity contribution in [2.24, 2.45) is 0 Å². The molecular formula is C30H41ClN4O4S. The number of urea groups is 1. The van der Waals surface area contributed by atoms with Gasteiger partial charge in [-0.3, -0.25) is 9.62 Å². The van der Waals surface area contributed by atoms with Gasteiger partial charge in [-0.05, 0) is 74.6 Å². The monoisotopic (exact) mass is 588 g/mol. The fourth-order valence-electron chi connectivity index (χ4n) is 5.29. The summed E-state index contributed by atoms with van der Waals surface area (Å²) in [5.41, 5.74) is 1.70. The Morgan fingerprint density at radius 2 is 1.57 bits per heavy atom. The summed E-state index contributed by atoms with van der Waals surface area (Å²) in [4.78, 5) is 17.5. The molecule has 40 heavy (non-hydrogen) atoms. The van der Waals surface area contributed by atoms with Gasteiger partial charge < -0.3 is 15.0 Å². The predicted octanol–water partition coefficient (Wildman–Crippen LogP) is 5.60. The summed E-state index contributed by atoms with van der Waals surface area (Å²) < 4.78 is 31.1. The van der Waals surface area contributed by atoms with Crippen molar-refractivity contribution in [2.45, 2.75) is 70.5 Å². The number of carbonyl (C=O) groups excluding carboxylic acids is 1. The minimum Gasteiger partial charge on any atom is -0.457 e. The van der Waals surface area contributed by atoms with Crippen molar-refractivity contribution in [3.63, 3.8) is 0 Å². The molecule has 8 nitrogen and oxygen atoms in total. The molecule has 218 valence electrons. The first-order chi connectivity index (χ1) is 18.8. The van der Waals surface area contributed by atoms with Crippen molar-refractivity contribution < 1.29 is 17.9 Å². The molecule has 4 rings (SSSR count). The summed E-state index contributed by atoms with van der Waals surface area (Å²) >= 11 is 0. The van der Waals surface area contributed by atoms with Gasteiger partial charge in [0.05, 0.1) is 12.8 Å². The van der Waals surface area contributed by atoms with Crippen LogP contribution in [0.25, 0.3) is 0 Å². The molecule has 0 radical (unpaired) electrons. The number of ether oxygens (including phenoxy) is 1. The van der Waals surface area contributed by atoms with Crippen LogP contribution >= 0.6 is 12.4 Å². The third-order valence-electron chi connectivity index (χ3n) is 7.34. The van der Waals surface area contributed by atoms with Crippen molar-refractivity contribution in [1.29, 1.82) is 0 Å². The highest BCUT2D eigenvalue weighted by atomic mass is 35.5. The van der Waals surface area contributed by atoms with Gasteiger partial charge in [-0.25, -0.2) is 13.2 Å². The van der Waals surface area contributed by atoms with Crippen molar-refractivity contribution >= 4 is 34.1 Å². The number of amides is 2. The molecule has 1 heterocycles. The Morgan fingerprint density at radius 1 is 0.975 bits per heavy atom. The molecule has 2 aromatic rings. The largest absolute Gasteiger partial charge is 0.457 e. The number of sulfonamides is 1. The van der Waals surface area contributed by atoms with Crippen LogP contribution in [0, 0.1) is 11.8 Å². The number of nitrogens with zero attached hydrogens (tertiary/aromatic N) is 2. The molecule has 0 bridgehead atoms. The number of hydrogen-bond acceptors (Lipinski definition) is 5. The number of anilines is 1. The normalized spacial score (nSPS) is 16.6. The van der Waals surface area contributed by atoms with Crippen LogP contribution in [0.2, 0.25) is 0 Å². The van der Waals surface area contributed by atoms with E-state index in [9.17, 15) is 13.2 Å². The van der Waals surface area contributed by atoms with E-state index in [1.54, 1.807) is 24.3 Å². The molecule has 1 aliphatic carbocycles. The fraction of sp³-hybridized carbons (Fsp3) is 0.500. The number of likely N-dealkylation sites (tertiary alicyclic amines) is 1. The van der Waals surface area contributed by atoms with Crippen molar-refractivity contribution in [1.82, 2.24) is 15.1 Å². The van der Waals surface area contributed by atoms with Gasteiger partial charge in [-0.15, -0.1) is 18.3 Å². The van der Waals surface area contributed by atoms with Crippen molar-refractivity contribution in [3.05, 3.63) is 54.1 Å². The second-order valence-corrected chi connectivity index (χ2v) is 12.2. The van der Waals surface area contributed by atoms with Gasteiger partial charge in [0.15, 0.2) is 0 Å². The number of benzene rings is 2.